The molecule has 4 aromatic rings. The van der Waals surface area contributed by atoms with Gasteiger partial charge in [-0.3, -0.25) is 19.2 Å². The van der Waals surface area contributed by atoms with Crippen LogP contribution in [0.4, 0.5) is 0 Å². The van der Waals surface area contributed by atoms with Crippen LogP contribution >= 0.6 is 0 Å². The summed E-state index contributed by atoms with van der Waals surface area (Å²) in [6.07, 6.45) is 12.7. The van der Waals surface area contributed by atoms with Crippen LogP contribution in [0.1, 0.15) is 183 Å². The molecule has 0 aliphatic carbocycles. The van der Waals surface area contributed by atoms with Crippen LogP contribution in [0.2, 0.25) is 0 Å². The number of carbonyl (C=O) groups excluding carboxylic acids is 6. The van der Waals surface area contributed by atoms with Crippen molar-refractivity contribution in [1.82, 2.24) is 0 Å². The number of rotatable bonds is 40. The molecule has 10 atom stereocenters. The van der Waals surface area contributed by atoms with Crippen molar-refractivity contribution in [1.29, 1.82) is 0 Å². The van der Waals surface area contributed by atoms with Crippen LogP contribution in [0.3, 0.4) is 0 Å². The summed E-state index contributed by atoms with van der Waals surface area (Å²) < 4.78 is 88.2. The van der Waals surface area contributed by atoms with Gasteiger partial charge in [-0.15, -0.1) is 6.58 Å². The zero-order valence-electron chi connectivity index (χ0n) is 67.1. The molecule has 0 amide bonds. The highest BCUT2D eigenvalue weighted by molar-refractivity contribution is 5.84. The molecule has 0 unspecified atom stereocenters. The Morgan fingerprint density at radius 3 is 1.23 bits per heavy atom. The summed E-state index contributed by atoms with van der Waals surface area (Å²) in [4.78, 5) is 84.3. The van der Waals surface area contributed by atoms with Crippen molar-refractivity contribution >= 4 is 42.1 Å². The number of benzene rings is 4. The Morgan fingerprint density at radius 1 is 0.532 bits per heavy atom. The zero-order chi connectivity index (χ0) is 81.0. The summed E-state index contributed by atoms with van der Waals surface area (Å²) in [5, 5.41) is 9.47. The average molecular weight is 1550 g/mol. The number of aldehydes is 1. The summed E-state index contributed by atoms with van der Waals surface area (Å²) in [6.45, 7) is 23.0. The maximum atomic E-state index is 12.7. The third-order valence-electron chi connectivity index (χ3n) is 18.4. The number of esters is 5. The van der Waals surface area contributed by atoms with Gasteiger partial charge in [-0.25, -0.2) is 14.4 Å². The molecule has 618 valence electrons. The minimum atomic E-state index is -1.75. The van der Waals surface area contributed by atoms with Crippen molar-refractivity contribution in [3.63, 3.8) is 0 Å². The van der Waals surface area contributed by atoms with E-state index in [1.54, 1.807) is 54.1 Å². The number of methoxy groups -OCH3 is 7. The van der Waals surface area contributed by atoms with Gasteiger partial charge in [0.05, 0.1) is 98.6 Å². The first-order valence-corrected chi connectivity index (χ1v) is 37.0. The van der Waals surface area contributed by atoms with E-state index in [-0.39, 0.29) is 65.6 Å². The number of carboxylic acid groups (broad SMARTS) is 1. The molecule has 4 aromatic carbocycles. The van der Waals surface area contributed by atoms with E-state index in [9.17, 15) is 38.7 Å². The summed E-state index contributed by atoms with van der Waals surface area (Å²) in [5.41, 5.74) is 2.52. The molecule has 23 nitrogen and oxygen atoms in total. The first-order valence-electron chi connectivity index (χ1n) is 37.0. The molecule has 0 spiro atoms. The lowest BCUT2D eigenvalue weighted by molar-refractivity contribution is -0.339. The van der Waals surface area contributed by atoms with Gasteiger partial charge in [0.1, 0.15) is 17.8 Å². The quantitative estimate of drug-likeness (QED) is 0.0108. The predicted octanol–water partition coefficient (Wildman–Crippen LogP) is 16.7. The maximum absolute atomic E-state index is 12.7. The van der Waals surface area contributed by atoms with Gasteiger partial charge in [0.15, 0.2) is 12.2 Å². The molecule has 111 heavy (non-hydrogen) atoms. The van der Waals surface area contributed by atoms with Gasteiger partial charge >= 0.3 is 35.8 Å². The molecular weight excluding hydrogens is 1420 g/mol. The number of allylic oxidation sites excluding steroid dienone is 2. The molecule has 0 saturated carbocycles. The highest BCUT2D eigenvalue weighted by atomic mass is 16.7. The van der Waals surface area contributed by atoms with Crippen LogP contribution < -0.4 is 9.47 Å². The molecule has 2 fully saturated rings. The topological polar surface area (TPSA) is 278 Å². The number of hydrogen-bond donors (Lipinski definition) is 1. The minimum absolute atomic E-state index is 0. The summed E-state index contributed by atoms with van der Waals surface area (Å²) in [5.74, 6) is -5.50. The highest BCUT2D eigenvalue weighted by Crippen LogP contribution is 2.51. The lowest BCUT2D eigenvalue weighted by atomic mass is 9.74. The van der Waals surface area contributed by atoms with Gasteiger partial charge in [-0.05, 0) is 104 Å². The molecule has 23 heteroatoms. The Labute approximate surface area is 660 Å². The lowest BCUT2D eigenvalue weighted by Gasteiger charge is -2.53. The van der Waals surface area contributed by atoms with E-state index in [4.69, 9.17) is 66.3 Å². The molecule has 0 aromatic heterocycles. The van der Waals surface area contributed by atoms with Gasteiger partial charge in [-0.2, -0.15) is 0 Å². The normalized spacial score (nSPS) is 19.9. The fourth-order valence-corrected chi connectivity index (χ4v) is 12.2. The number of aliphatic carboxylic acids is 1. The Bertz CT molecular complexity index is 3470. The van der Waals surface area contributed by atoms with Gasteiger partial charge in [0, 0.05) is 75.4 Å². The van der Waals surface area contributed by atoms with Crippen molar-refractivity contribution < 1.29 is 110 Å². The van der Waals surface area contributed by atoms with E-state index in [0.29, 0.717) is 50.1 Å². The van der Waals surface area contributed by atoms with E-state index in [1.165, 1.54) is 79.1 Å². The van der Waals surface area contributed by atoms with Gasteiger partial charge in [0.2, 0.25) is 11.6 Å². The first-order chi connectivity index (χ1) is 52.1. The Balaban J connectivity index is 0.000000931. The van der Waals surface area contributed by atoms with Crippen LogP contribution in [0.25, 0.3) is 0 Å². The number of ether oxygens (including phenoxy) is 15. The summed E-state index contributed by atoms with van der Waals surface area (Å²) >= 11 is 0. The van der Waals surface area contributed by atoms with Crippen LogP contribution in [0.15, 0.2) is 169 Å². The zero-order valence-corrected chi connectivity index (χ0v) is 67.1. The third-order valence-corrected chi connectivity index (χ3v) is 18.4. The molecule has 2 aliphatic heterocycles. The molecule has 2 saturated heterocycles. The molecule has 0 bridgehead atoms. The van der Waals surface area contributed by atoms with E-state index in [2.05, 4.69) is 18.2 Å². The lowest BCUT2D eigenvalue weighted by Crippen LogP contribution is -2.63. The van der Waals surface area contributed by atoms with Gasteiger partial charge in [-0.1, -0.05) is 192 Å². The van der Waals surface area contributed by atoms with Crippen molar-refractivity contribution in [3.05, 3.63) is 192 Å². The SMILES string of the molecule is C.C.C=CC.CCC(=O)O[C@H]1/C(=C/C(=O)OC)C[C@@H](C[C@@H](OCc2ccc(OC)cc2)[C@@H](C)OCc2ccccc2)O[C@@]1(OC)C(C)(C)/C=C/C(=O)O.CCC(=O)O[C@H]1/C(=C/C(=O)OC)C[C@@H](C[C@@H](OCc2ccc(OC)cc2)[C@@H](C)OCc2ccccc2)O[C@@]1(OC)C(C)(C)/C=C/C=O.CCCCCCCC(=O)OC. The second-order valence-corrected chi connectivity index (χ2v) is 27.2. The van der Waals surface area contributed by atoms with Crippen molar-refractivity contribution in [3.8, 4) is 11.5 Å². The van der Waals surface area contributed by atoms with Gasteiger partial charge in [0.25, 0.3) is 0 Å². The Morgan fingerprint density at radius 2 is 0.901 bits per heavy atom. The van der Waals surface area contributed by atoms with Crippen LogP contribution in [-0.4, -0.2) is 157 Å². The third kappa shape index (κ3) is 33.3. The molecular formula is C88H128O23. The number of unbranched alkanes of at least 4 members (excludes halogenated alkanes) is 4. The van der Waals surface area contributed by atoms with Crippen LogP contribution in [0, 0.1) is 10.8 Å². The first kappa shape index (κ1) is 100. The smallest absolute Gasteiger partial charge is 0.330 e. The standard InChI is InChI=1S/C37H48O11.C37H48O10.C9H18O2.C3H6.2CH4/c1-8-33(40)47-35-28(21-34(41)43-6)20-30(48-37(35,44-7)36(3,4)19-18-32(38)39)22-31(25(2)45-23-26-12-10-9-11-13-26)46-24-27-14-16-29(42-5)17-15-27;1-8-33(39)46-35-29(22-34(40)42-6)21-31(47-37(35,43-7)36(3,4)19-12-20-38)23-32(26(2)44-24-27-13-10-9-11-14-27)45-25-28-15-17-30(41-5)18-16-28;1-3-4-5-6-7-8-9(10)11-2;1-3-2;;/h9-19,21,25,30-31,35H,8,20,22-24H2,1-7H3,(H,38,39);9-20,22,26,31-32,35H,8,21,23-25H2,1-7H3;3-8H2,1-2H3;3H,1H2,2H3;2*1H4/b19-18+,28-21+;19-12+,29-22+;;;;/t25-,30+,31-,35+,37-;26-,31+,32-,35+,37-;;;;/m11..../s1. The minimum Gasteiger partial charge on any atom is -0.497 e. The van der Waals surface area contributed by atoms with E-state index in [0.717, 1.165) is 52.7 Å². The maximum Gasteiger partial charge on any atom is 0.330 e. The number of carboxylic acids is 1. The average Bonchev–Trinajstić information content (AvgIpc) is 0.746. The van der Waals surface area contributed by atoms with Crippen LogP contribution in [-0.2, 0) is 122 Å². The molecule has 2 heterocycles. The molecule has 1 N–H and O–H groups in total. The molecule has 2 aliphatic rings. The van der Waals surface area contributed by atoms with Crippen molar-refractivity contribution in [2.24, 2.45) is 10.8 Å². The second kappa shape index (κ2) is 53.3. The fourth-order valence-electron chi connectivity index (χ4n) is 12.2. The van der Waals surface area contributed by atoms with E-state index < -0.39 is 95.0 Å². The van der Waals surface area contributed by atoms with Crippen molar-refractivity contribution in [2.45, 2.75) is 248 Å². The number of hydrogen-bond acceptors (Lipinski definition) is 22. The highest BCUT2D eigenvalue weighted by Gasteiger charge is 2.61. The van der Waals surface area contributed by atoms with E-state index >= 15 is 0 Å². The van der Waals surface area contributed by atoms with Gasteiger partial charge < -0.3 is 76.2 Å². The predicted molar refractivity (Wildman–Crippen MR) is 427 cm³/mol. The van der Waals surface area contributed by atoms with Crippen molar-refractivity contribution in [2.75, 3.05) is 49.8 Å². The second-order valence-electron chi connectivity index (χ2n) is 27.2. The number of carbonyl (C=O) groups is 7. The molecule has 0 radical (unpaired) electrons. The largest absolute Gasteiger partial charge is 0.497 e. The fraction of sp³-hybridized carbons (Fsp3) is 0.534. The monoisotopic (exact) mass is 1550 g/mol. The van der Waals surface area contributed by atoms with E-state index in [1.807, 2.05) is 144 Å². The summed E-state index contributed by atoms with van der Waals surface area (Å²) in [7, 11) is 10.0. The van der Waals surface area contributed by atoms with Crippen LogP contribution in [0.5, 0.6) is 11.5 Å². The molecule has 6 rings (SSSR count). The Hall–Kier alpha value is -8.65. The summed E-state index contributed by atoms with van der Waals surface area (Å²) in [6, 6.07) is 34.8. The Kier molecular flexibility index (Phi) is 48.2.